The van der Waals surface area contributed by atoms with Gasteiger partial charge >= 0.3 is 0 Å². The third-order valence-electron chi connectivity index (χ3n) is 6.73. The largest absolute Gasteiger partial charge is 0.396 e. The van der Waals surface area contributed by atoms with Crippen LogP contribution in [0.25, 0.3) is 11.0 Å². The molecule has 1 aliphatic heterocycles. The van der Waals surface area contributed by atoms with Crippen LogP contribution < -0.4 is 0 Å². The molecule has 158 valence electrons. The zero-order chi connectivity index (χ0) is 21.0. The Kier molecular flexibility index (Phi) is 4.96. The van der Waals surface area contributed by atoms with Crippen LogP contribution in [0.4, 0.5) is 0 Å². The molecule has 1 N–H and O–H groups in total. The van der Waals surface area contributed by atoms with Crippen LogP contribution in [-0.2, 0) is 5.54 Å². The number of amides is 1. The average Bonchev–Trinajstić information content (AvgIpc) is 3.49. The van der Waals surface area contributed by atoms with Crippen molar-refractivity contribution in [3.05, 3.63) is 23.0 Å². The predicted molar refractivity (Wildman–Crippen MR) is 114 cm³/mol. The Balaban J connectivity index is 1.82. The van der Waals surface area contributed by atoms with E-state index in [1.807, 2.05) is 22.6 Å². The highest BCUT2D eigenvalue weighted by Crippen LogP contribution is 2.41. The van der Waals surface area contributed by atoms with Crippen molar-refractivity contribution in [3.63, 3.8) is 0 Å². The number of fused-ring (bicyclic) bond motifs is 1. The van der Waals surface area contributed by atoms with Crippen molar-refractivity contribution in [2.75, 3.05) is 19.7 Å². The topological polar surface area (TPSA) is 71.2 Å². The first-order valence-corrected chi connectivity index (χ1v) is 11.0. The summed E-state index contributed by atoms with van der Waals surface area (Å²) in [6.45, 7) is 11.9. The Hall–Kier alpha value is -1.95. The van der Waals surface area contributed by atoms with Gasteiger partial charge in [0.25, 0.3) is 5.91 Å². The summed E-state index contributed by atoms with van der Waals surface area (Å²) in [5.41, 5.74) is 3.05. The van der Waals surface area contributed by atoms with Crippen molar-refractivity contribution in [1.82, 2.24) is 19.7 Å². The second-order valence-electron chi connectivity index (χ2n) is 10.1. The van der Waals surface area contributed by atoms with Gasteiger partial charge in [-0.15, -0.1) is 0 Å². The van der Waals surface area contributed by atoms with Crippen LogP contribution >= 0.6 is 0 Å². The Labute approximate surface area is 173 Å². The molecule has 2 aromatic rings. The number of hydrogen-bond acceptors (Lipinski definition) is 4. The van der Waals surface area contributed by atoms with Gasteiger partial charge in [0.2, 0.25) is 0 Å². The van der Waals surface area contributed by atoms with Crippen molar-refractivity contribution in [3.8, 4) is 0 Å². The molecular formula is C23H34N4O2. The Morgan fingerprint density at radius 3 is 2.66 bits per heavy atom. The fourth-order valence-corrected chi connectivity index (χ4v) is 4.61. The lowest BCUT2D eigenvalue weighted by atomic mass is 9.78. The molecule has 2 aliphatic rings. The van der Waals surface area contributed by atoms with E-state index in [4.69, 9.17) is 10.1 Å². The second kappa shape index (κ2) is 7.08. The number of nitrogens with zero attached hydrogens (tertiary/aromatic N) is 4. The SMILES string of the molecule is CCC1(CO)CCCN(C(=O)c2cc(C3CC3)nc3c2c(C)nn3C(C)(C)C)C1. The number of aliphatic hydroxyl groups excluding tert-OH is 1. The summed E-state index contributed by atoms with van der Waals surface area (Å²) in [5, 5.41) is 15.6. The third kappa shape index (κ3) is 3.56. The van der Waals surface area contributed by atoms with Crippen LogP contribution in [0.3, 0.4) is 0 Å². The minimum absolute atomic E-state index is 0.0573. The first-order valence-electron chi connectivity index (χ1n) is 11.0. The molecule has 6 heteroatoms. The van der Waals surface area contributed by atoms with E-state index in [0.717, 1.165) is 66.6 Å². The number of likely N-dealkylation sites (tertiary alicyclic amines) is 1. The third-order valence-corrected chi connectivity index (χ3v) is 6.73. The van der Waals surface area contributed by atoms with E-state index in [2.05, 4.69) is 27.7 Å². The number of carbonyl (C=O) groups is 1. The Bertz CT molecular complexity index is 932. The molecule has 2 aromatic heterocycles. The minimum atomic E-state index is -0.207. The summed E-state index contributed by atoms with van der Waals surface area (Å²) in [4.78, 5) is 20.6. The number of rotatable bonds is 4. The van der Waals surface area contributed by atoms with Gasteiger partial charge in [0, 0.05) is 30.1 Å². The molecule has 29 heavy (non-hydrogen) atoms. The molecular weight excluding hydrogens is 364 g/mol. The Morgan fingerprint density at radius 2 is 2.07 bits per heavy atom. The average molecular weight is 399 g/mol. The molecule has 1 atom stereocenters. The zero-order valence-corrected chi connectivity index (χ0v) is 18.5. The van der Waals surface area contributed by atoms with Gasteiger partial charge in [-0.2, -0.15) is 5.10 Å². The maximum Gasteiger partial charge on any atom is 0.254 e. The monoisotopic (exact) mass is 398 g/mol. The number of carbonyl (C=O) groups excluding carboxylic acids is 1. The van der Waals surface area contributed by atoms with E-state index in [1.54, 1.807) is 0 Å². The number of pyridine rings is 1. The lowest BCUT2D eigenvalue weighted by Crippen LogP contribution is -2.47. The van der Waals surface area contributed by atoms with Crippen molar-refractivity contribution in [1.29, 1.82) is 0 Å². The molecule has 0 bridgehead atoms. The number of aliphatic hydroxyl groups is 1. The normalized spacial score (nSPS) is 23.0. The maximum absolute atomic E-state index is 13.7. The molecule has 1 unspecified atom stereocenters. The van der Waals surface area contributed by atoms with Gasteiger partial charge in [-0.3, -0.25) is 4.79 Å². The molecule has 0 radical (unpaired) electrons. The molecule has 1 aliphatic carbocycles. The molecule has 6 nitrogen and oxygen atoms in total. The fourth-order valence-electron chi connectivity index (χ4n) is 4.61. The van der Waals surface area contributed by atoms with Crippen molar-refractivity contribution in [2.45, 2.75) is 78.2 Å². The number of hydrogen-bond donors (Lipinski definition) is 1. The molecule has 4 rings (SSSR count). The summed E-state index contributed by atoms with van der Waals surface area (Å²) in [5.74, 6) is 0.518. The number of piperidine rings is 1. The molecule has 0 aromatic carbocycles. The quantitative estimate of drug-likeness (QED) is 0.845. The van der Waals surface area contributed by atoms with E-state index in [1.165, 1.54) is 0 Å². The van der Waals surface area contributed by atoms with Gasteiger partial charge in [0.15, 0.2) is 5.65 Å². The van der Waals surface area contributed by atoms with Crippen molar-refractivity contribution in [2.24, 2.45) is 5.41 Å². The summed E-state index contributed by atoms with van der Waals surface area (Å²) >= 11 is 0. The van der Waals surface area contributed by atoms with Gasteiger partial charge in [0.05, 0.1) is 28.8 Å². The van der Waals surface area contributed by atoms with E-state index >= 15 is 0 Å². The van der Waals surface area contributed by atoms with Gasteiger partial charge in [-0.25, -0.2) is 9.67 Å². The smallest absolute Gasteiger partial charge is 0.254 e. The van der Waals surface area contributed by atoms with Crippen LogP contribution in [0.1, 0.15) is 87.5 Å². The number of aryl methyl sites for hydroxylation is 1. The standard InChI is InChI=1S/C23H34N4O2/c1-6-23(14-28)10-7-11-26(13-23)21(29)17-12-18(16-8-9-16)24-20-19(17)15(2)25-27(20)22(3,4)5/h12,16,28H,6-11,13-14H2,1-5H3. The van der Waals surface area contributed by atoms with Gasteiger partial charge in [0.1, 0.15) is 0 Å². The molecule has 2 fully saturated rings. The highest BCUT2D eigenvalue weighted by atomic mass is 16.3. The van der Waals surface area contributed by atoms with E-state index in [-0.39, 0.29) is 23.5 Å². The van der Waals surface area contributed by atoms with E-state index in [9.17, 15) is 9.90 Å². The fraction of sp³-hybridized carbons (Fsp3) is 0.696. The highest BCUT2D eigenvalue weighted by Gasteiger charge is 2.37. The summed E-state index contributed by atoms with van der Waals surface area (Å²) in [7, 11) is 0. The summed E-state index contributed by atoms with van der Waals surface area (Å²) in [6.07, 6.45) is 5.07. The number of aromatic nitrogens is 3. The maximum atomic E-state index is 13.7. The zero-order valence-electron chi connectivity index (χ0n) is 18.5. The van der Waals surface area contributed by atoms with Crippen molar-refractivity contribution >= 4 is 16.9 Å². The Morgan fingerprint density at radius 1 is 1.34 bits per heavy atom. The molecule has 1 saturated carbocycles. The van der Waals surface area contributed by atoms with E-state index in [0.29, 0.717) is 12.5 Å². The van der Waals surface area contributed by atoms with Crippen LogP contribution in [0.15, 0.2) is 6.07 Å². The van der Waals surface area contributed by atoms with Crippen LogP contribution in [0.5, 0.6) is 0 Å². The van der Waals surface area contributed by atoms with Gasteiger partial charge < -0.3 is 10.0 Å². The second-order valence-corrected chi connectivity index (χ2v) is 10.1. The molecule has 0 spiro atoms. The molecule has 1 amide bonds. The molecule has 1 saturated heterocycles. The van der Waals surface area contributed by atoms with Crippen LogP contribution in [0, 0.1) is 12.3 Å². The van der Waals surface area contributed by atoms with Crippen molar-refractivity contribution < 1.29 is 9.90 Å². The van der Waals surface area contributed by atoms with Crippen LogP contribution in [-0.4, -0.2) is 50.4 Å². The highest BCUT2D eigenvalue weighted by molar-refractivity contribution is 6.06. The predicted octanol–water partition coefficient (Wildman–Crippen LogP) is 4.00. The van der Waals surface area contributed by atoms with Gasteiger partial charge in [-0.05, 0) is 65.9 Å². The first kappa shape index (κ1) is 20.3. The lowest BCUT2D eigenvalue weighted by molar-refractivity contribution is 0.0253. The first-order chi connectivity index (χ1) is 13.7. The van der Waals surface area contributed by atoms with Crippen LogP contribution in [0.2, 0.25) is 0 Å². The molecule has 3 heterocycles. The lowest BCUT2D eigenvalue weighted by Gasteiger charge is -2.41. The minimum Gasteiger partial charge on any atom is -0.396 e. The van der Waals surface area contributed by atoms with E-state index < -0.39 is 0 Å². The van der Waals surface area contributed by atoms with Gasteiger partial charge in [-0.1, -0.05) is 6.92 Å². The summed E-state index contributed by atoms with van der Waals surface area (Å²) in [6, 6.07) is 2.02. The summed E-state index contributed by atoms with van der Waals surface area (Å²) < 4.78 is 1.97.